The second-order valence-corrected chi connectivity index (χ2v) is 18.5. The second-order valence-electron chi connectivity index (χ2n) is 14.3. The number of para-hydroxylation sites is 1. The van der Waals surface area contributed by atoms with Gasteiger partial charge in [0, 0.05) is 12.3 Å². The fraction of sp³-hybridized carbons (Fsp3) is 0.475. The van der Waals surface area contributed by atoms with Gasteiger partial charge in [0.2, 0.25) is 5.75 Å². The van der Waals surface area contributed by atoms with E-state index in [4.69, 9.17) is 23.4 Å². The standard InChI is InChI=1S/C40H52O7Si/c1-7-8-16-28(2)25-29(41)23-24-32-35(26-36-38(32)45-34-22-15-21-33(39(34)46-36)44-27-37(42)43-6)47-48(40(3,4)5,30-17-11-9-12-18-30)31-19-13-10-14-20-31/h9-15,17-24,28-29,32,35-36,38,41H,7-8,16,25-27H2,1-6H3/b24-23+/t28-,29+,32-,35+,36-,38+/m0/s1. The molecule has 7 nitrogen and oxygen atoms in total. The summed E-state index contributed by atoms with van der Waals surface area (Å²) in [6, 6.07) is 26.7. The van der Waals surface area contributed by atoms with Crippen molar-refractivity contribution in [3.05, 3.63) is 91.0 Å². The lowest BCUT2D eigenvalue weighted by Crippen LogP contribution is -2.68. The lowest BCUT2D eigenvalue weighted by Gasteiger charge is -2.45. The van der Waals surface area contributed by atoms with Crippen LogP contribution in [0.3, 0.4) is 0 Å². The molecule has 5 rings (SSSR count). The largest absolute Gasteiger partial charge is 0.482 e. The van der Waals surface area contributed by atoms with Crippen molar-refractivity contribution in [2.24, 2.45) is 11.8 Å². The number of rotatable bonds is 14. The predicted molar refractivity (Wildman–Crippen MR) is 192 cm³/mol. The number of methoxy groups -OCH3 is 1. The summed E-state index contributed by atoms with van der Waals surface area (Å²) in [6.45, 7) is 11.0. The van der Waals surface area contributed by atoms with Gasteiger partial charge in [-0.3, -0.25) is 0 Å². The highest BCUT2D eigenvalue weighted by Crippen LogP contribution is 2.49. The molecule has 1 aliphatic heterocycles. The first-order chi connectivity index (χ1) is 23.1. The Labute approximate surface area is 287 Å². The highest BCUT2D eigenvalue weighted by Gasteiger charge is 2.56. The molecule has 1 N–H and O–H groups in total. The van der Waals surface area contributed by atoms with Gasteiger partial charge in [-0.05, 0) is 39.9 Å². The molecule has 258 valence electrons. The van der Waals surface area contributed by atoms with E-state index < -0.39 is 20.4 Å². The zero-order valence-electron chi connectivity index (χ0n) is 29.3. The number of fused-ring (bicyclic) bond motifs is 2. The van der Waals surface area contributed by atoms with Crippen molar-refractivity contribution in [3.8, 4) is 17.2 Å². The minimum Gasteiger partial charge on any atom is -0.482 e. The Bertz CT molecular complexity index is 1460. The molecule has 3 aromatic rings. The van der Waals surface area contributed by atoms with Crippen molar-refractivity contribution in [1.29, 1.82) is 0 Å². The van der Waals surface area contributed by atoms with Crippen LogP contribution in [0.15, 0.2) is 91.0 Å². The van der Waals surface area contributed by atoms with Gasteiger partial charge in [0.1, 0.15) is 12.2 Å². The van der Waals surface area contributed by atoms with Crippen molar-refractivity contribution in [1.82, 2.24) is 0 Å². The zero-order valence-corrected chi connectivity index (χ0v) is 30.3. The minimum absolute atomic E-state index is 0.190. The molecule has 0 unspecified atom stereocenters. The van der Waals surface area contributed by atoms with E-state index in [-0.39, 0.29) is 35.9 Å². The number of hydrogen-bond donors (Lipinski definition) is 1. The van der Waals surface area contributed by atoms with Gasteiger partial charge in [-0.1, -0.05) is 133 Å². The maximum atomic E-state index is 11.9. The fourth-order valence-corrected chi connectivity index (χ4v) is 12.0. The molecule has 0 amide bonds. The Morgan fingerprint density at radius 3 is 2.27 bits per heavy atom. The van der Waals surface area contributed by atoms with Crippen molar-refractivity contribution in [2.75, 3.05) is 13.7 Å². The SMILES string of the molecule is CCCC[C@H](C)C[C@H](O)/C=C/[C@@H]1[C@H]2Oc3cccc(OCC(=O)OC)c3O[C@H]2C[C@H]1O[Si](c1ccccc1)(c1ccccc1)C(C)(C)C. The van der Waals surface area contributed by atoms with E-state index in [0.717, 1.165) is 19.3 Å². The first kappa shape index (κ1) is 35.7. The highest BCUT2D eigenvalue weighted by atomic mass is 28.4. The van der Waals surface area contributed by atoms with Gasteiger partial charge in [0.05, 0.1) is 19.3 Å². The van der Waals surface area contributed by atoms with Crippen LogP contribution in [0.4, 0.5) is 0 Å². The predicted octanol–water partition coefficient (Wildman–Crippen LogP) is 6.85. The topological polar surface area (TPSA) is 83.5 Å². The van der Waals surface area contributed by atoms with Crippen LogP contribution in [0.1, 0.15) is 66.7 Å². The van der Waals surface area contributed by atoms with Crippen LogP contribution in [-0.4, -0.2) is 57.5 Å². The van der Waals surface area contributed by atoms with E-state index >= 15 is 0 Å². The van der Waals surface area contributed by atoms with Crippen molar-refractivity contribution >= 4 is 24.7 Å². The number of esters is 1. The molecule has 0 saturated heterocycles. The van der Waals surface area contributed by atoms with Crippen LogP contribution in [0.5, 0.6) is 17.2 Å². The smallest absolute Gasteiger partial charge is 0.343 e. The molecule has 1 saturated carbocycles. The number of carbonyl (C=O) groups is 1. The van der Waals surface area contributed by atoms with E-state index in [0.29, 0.717) is 36.0 Å². The average molecular weight is 673 g/mol. The first-order valence-electron chi connectivity index (χ1n) is 17.4. The van der Waals surface area contributed by atoms with Crippen molar-refractivity contribution in [2.45, 2.75) is 96.2 Å². The molecule has 6 atom stereocenters. The average Bonchev–Trinajstić information content (AvgIpc) is 3.42. The monoisotopic (exact) mass is 672 g/mol. The number of benzene rings is 3. The van der Waals surface area contributed by atoms with Crippen molar-refractivity contribution in [3.63, 3.8) is 0 Å². The van der Waals surface area contributed by atoms with E-state index in [1.165, 1.54) is 17.5 Å². The Morgan fingerprint density at radius 2 is 1.67 bits per heavy atom. The molecule has 2 aliphatic rings. The van der Waals surface area contributed by atoms with Gasteiger partial charge in [-0.15, -0.1) is 0 Å². The van der Waals surface area contributed by atoms with Crippen LogP contribution in [0.2, 0.25) is 5.04 Å². The Morgan fingerprint density at radius 1 is 1.00 bits per heavy atom. The number of hydrogen-bond acceptors (Lipinski definition) is 7. The summed E-state index contributed by atoms with van der Waals surface area (Å²) in [5, 5.41) is 13.3. The molecular formula is C40H52O7Si. The Hall–Kier alpha value is -3.59. The number of aliphatic hydroxyl groups excluding tert-OH is 1. The van der Waals surface area contributed by atoms with Crippen LogP contribution in [0.25, 0.3) is 0 Å². The van der Waals surface area contributed by atoms with Gasteiger partial charge < -0.3 is 28.5 Å². The van der Waals surface area contributed by atoms with Crippen LogP contribution < -0.4 is 24.6 Å². The first-order valence-corrected chi connectivity index (χ1v) is 19.3. The number of ether oxygens (including phenoxy) is 4. The normalized spacial score (nSPS) is 21.8. The maximum absolute atomic E-state index is 11.9. The summed E-state index contributed by atoms with van der Waals surface area (Å²) in [7, 11) is -1.59. The molecule has 1 fully saturated rings. The van der Waals surface area contributed by atoms with Crippen LogP contribution in [-0.2, 0) is 14.0 Å². The summed E-state index contributed by atoms with van der Waals surface area (Å²) >= 11 is 0. The molecule has 0 radical (unpaired) electrons. The van der Waals surface area contributed by atoms with Gasteiger partial charge in [-0.25, -0.2) is 4.79 Å². The second kappa shape index (κ2) is 15.7. The summed E-state index contributed by atoms with van der Waals surface area (Å²) in [4.78, 5) is 11.9. The summed E-state index contributed by atoms with van der Waals surface area (Å²) in [5.74, 6) is 1.21. The van der Waals surface area contributed by atoms with E-state index in [9.17, 15) is 9.90 Å². The van der Waals surface area contributed by atoms with E-state index in [1.54, 1.807) is 6.07 Å². The van der Waals surface area contributed by atoms with E-state index in [2.05, 4.69) is 89.2 Å². The fourth-order valence-electron chi connectivity index (χ4n) is 7.26. The maximum Gasteiger partial charge on any atom is 0.343 e. The summed E-state index contributed by atoms with van der Waals surface area (Å²) < 4.78 is 31.7. The Kier molecular flexibility index (Phi) is 11.7. The number of unbranched alkanes of at least 4 members (excludes halogenated alkanes) is 1. The number of carbonyl (C=O) groups excluding carboxylic acids is 1. The van der Waals surface area contributed by atoms with Gasteiger partial charge >= 0.3 is 5.97 Å². The quantitative estimate of drug-likeness (QED) is 0.114. The third-order valence-electron chi connectivity index (χ3n) is 9.68. The summed E-state index contributed by atoms with van der Waals surface area (Å²) in [5.41, 5.74) is 0. The molecule has 3 aromatic carbocycles. The zero-order chi connectivity index (χ0) is 34.3. The van der Waals surface area contributed by atoms with E-state index in [1.807, 2.05) is 30.3 Å². The van der Waals surface area contributed by atoms with Gasteiger partial charge in [0.25, 0.3) is 8.32 Å². The van der Waals surface area contributed by atoms with Crippen molar-refractivity contribution < 1.29 is 33.3 Å². The molecule has 0 spiro atoms. The molecule has 48 heavy (non-hydrogen) atoms. The molecule has 0 bridgehead atoms. The van der Waals surface area contributed by atoms with Crippen LogP contribution in [0, 0.1) is 11.8 Å². The molecule has 1 heterocycles. The third kappa shape index (κ3) is 7.82. The van der Waals surface area contributed by atoms with Gasteiger partial charge in [-0.2, -0.15) is 0 Å². The van der Waals surface area contributed by atoms with Crippen LogP contribution >= 0.6 is 0 Å². The molecule has 0 aromatic heterocycles. The highest BCUT2D eigenvalue weighted by molar-refractivity contribution is 6.99. The lowest BCUT2D eigenvalue weighted by molar-refractivity contribution is -0.143. The Balaban J connectivity index is 1.53. The summed E-state index contributed by atoms with van der Waals surface area (Å²) in [6.07, 6.45) is 7.23. The number of aliphatic hydroxyl groups is 1. The minimum atomic E-state index is -2.92. The third-order valence-corrected chi connectivity index (χ3v) is 14.7. The van der Waals surface area contributed by atoms with Gasteiger partial charge in [0.15, 0.2) is 18.1 Å². The lowest BCUT2D eigenvalue weighted by atomic mass is 9.95. The molecule has 1 aliphatic carbocycles. The molecule has 8 heteroatoms. The molecular weight excluding hydrogens is 621 g/mol.